The van der Waals surface area contributed by atoms with Crippen LogP contribution in [0.15, 0.2) is 54.6 Å². The third kappa shape index (κ3) is 5.35. The largest absolute Gasteiger partial charge is 0.507 e. The standard InChI is InChI=1S/C20H18O5/c1-25-20-11-7-14(12-19(20)24)6-9-16(21)13-17(22)10-8-15-4-2-3-5-18(15)23/h2-12,23-24H,13H2,1H3. The third-order valence-corrected chi connectivity index (χ3v) is 3.40. The van der Waals surface area contributed by atoms with Gasteiger partial charge in [0.15, 0.2) is 23.1 Å². The van der Waals surface area contributed by atoms with Gasteiger partial charge >= 0.3 is 0 Å². The van der Waals surface area contributed by atoms with Crippen molar-refractivity contribution < 1.29 is 24.5 Å². The van der Waals surface area contributed by atoms with Gasteiger partial charge in [-0.15, -0.1) is 0 Å². The van der Waals surface area contributed by atoms with Crippen molar-refractivity contribution in [2.75, 3.05) is 7.11 Å². The molecule has 2 aromatic rings. The van der Waals surface area contributed by atoms with Gasteiger partial charge in [-0.05, 0) is 42.0 Å². The highest BCUT2D eigenvalue weighted by Crippen LogP contribution is 2.26. The van der Waals surface area contributed by atoms with Crippen molar-refractivity contribution in [2.45, 2.75) is 6.42 Å². The maximum absolute atomic E-state index is 11.8. The maximum atomic E-state index is 11.8. The van der Waals surface area contributed by atoms with Crippen LogP contribution < -0.4 is 4.74 Å². The number of phenols is 2. The second kappa shape index (κ2) is 8.49. The Morgan fingerprint density at radius 1 is 0.960 bits per heavy atom. The van der Waals surface area contributed by atoms with Crippen LogP contribution >= 0.6 is 0 Å². The average Bonchev–Trinajstić information content (AvgIpc) is 2.59. The number of ether oxygens (including phenoxy) is 1. The summed E-state index contributed by atoms with van der Waals surface area (Å²) in [4.78, 5) is 23.6. The molecule has 0 bridgehead atoms. The number of phenolic OH excluding ortho intramolecular Hbond substituents is 2. The number of carbonyl (C=O) groups excluding carboxylic acids is 2. The summed E-state index contributed by atoms with van der Waals surface area (Å²) in [7, 11) is 1.45. The lowest BCUT2D eigenvalue weighted by Gasteiger charge is -2.03. The van der Waals surface area contributed by atoms with Gasteiger partial charge in [0, 0.05) is 5.56 Å². The van der Waals surface area contributed by atoms with E-state index in [2.05, 4.69) is 0 Å². The van der Waals surface area contributed by atoms with Gasteiger partial charge in [0.05, 0.1) is 13.5 Å². The Labute approximate surface area is 145 Å². The number of benzene rings is 2. The van der Waals surface area contributed by atoms with Crippen molar-refractivity contribution in [1.29, 1.82) is 0 Å². The van der Waals surface area contributed by atoms with Crippen molar-refractivity contribution in [2.24, 2.45) is 0 Å². The molecule has 0 fully saturated rings. The van der Waals surface area contributed by atoms with Crippen LogP contribution in [0, 0.1) is 0 Å². The Morgan fingerprint density at radius 3 is 2.28 bits per heavy atom. The molecule has 0 aliphatic heterocycles. The quantitative estimate of drug-likeness (QED) is 0.597. The van der Waals surface area contributed by atoms with Crippen LogP contribution in [0.3, 0.4) is 0 Å². The minimum Gasteiger partial charge on any atom is -0.507 e. The molecule has 0 saturated heterocycles. The Balaban J connectivity index is 1.94. The lowest BCUT2D eigenvalue weighted by molar-refractivity contribution is -0.121. The fourth-order valence-electron chi connectivity index (χ4n) is 2.10. The number of ketones is 2. The highest BCUT2D eigenvalue weighted by Gasteiger charge is 2.05. The summed E-state index contributed by atoms with van der Waals surface area (Å²) in [5.74, 6) is -0.346. The van der Waals surface area contributed by atoms with Gasteiger partial charge in [-0.1, -0.05) is 30.3 Å². The molecule has 0 unspecified atom stereocenters. The molecular weight excluding hydrogens is 320 g/mol. The zero-order valence-electron chi connectivity index (χ0n) is 13.7. The van der Waals surface area contributed by atoms with Crippen molar-refractivity contribution in [3.63, 3.8) is 0 Å². The molecule has 0 atom stereocenters. The van der Waals surface area contributed by atoms with E-state index >= 15 is 0 Å². The number of rotatable bonds is 7. The second-order valence-electron chi connectivity index (χ2n) is 5.27. The summed E-state index contributed by atoms with van der Waals surface area (Å²) < 4.78 is 4.94. The molecule has 2 aromatic carbocycles. The summed E-state index contributed by atoms with van der Waals surface area (Å²) in [6.07, 6.45) is 5.26. The number of para-hydroxylation sites is 1. The van der Waals surface area contributed by atoms with Crippen molar-refractivity contribution in [1.82, 2.24) is 0 Å². The number of hydrogen-bond donors (Lipinski definition) is 2. The van der Waals surface area contributed by atoms with Crippen LogP contribution in [-0.2, 0) is 9.59 Å². The molecule has 0 saturated carbocycles. The van der Waals surface area contributed by atoms with E-state index in [4.69, 9.17) is 4.74 Å². The molecule has 2 N–H and O–H groups in total. The fourth-order valence-corrected chi connectivity index (χ4v) is 2.10. The average molecular weight is 338 g/mol. The number of hydrogen-bond acceptors (Lipinski definition) is 5. The van der Waals surface area contributed by atoms with E-state index in [9.17, 15) is 19.8 Å². The van der Waals surface area contributed by atoms with Crippen LogP contribution in [0.4, 0.5) is 0 Å². The molecule has 0 heterocycles. The van der Waals surface area contributed by atoms with Crippen molar-refractivity contribution in [3.8, 4) is 17.2 Å². The molecule has 2 rings (SSSR count). The molecule has 0 amide bonds. The monoisotopic (exact) mass is 338 g/mol. The Bertz CT molecular complexity index is 834. The Morgan fingerprint density at radius 2 is 1.64 bits per heavy atom. The number of aromatic hydroxyl groups is 2. The fraction of sp³-hybridized carbons (Fsp3) is 0.100. The summed E-state index contributed by atoms with van der Waals surface area (Å²) in [6, 6.07) is 11.3. The molecule has 0 aliphatic rings. The topological polar surface area (TPSA) is 83.8 Å². The molecule has 0 spiro atoms. The number of methoxy groups -OCH3 is 1. The molecule has 25 heavy (non-hydrogen) atoms. The molecule has 128 valence electrons. The first-order valence-corrected chi connectivity index (χ1v) is 7.56. The second-order valence-corrected chi connectivity index (χ2v) is 5.27. The van der Waals surface area contributed by atoms with Crippen molar-refractivity contribution in [3.05, 3.63) is 65.7 Å². The van der Waals surface area contributed by atoms with E-state index in [0.717, 1.165) is 0 Å². The first kappa shape index (κ1) is 18.0. The predicted molar refractivity (Wildman–Crippen MR) is 95.5 cm³/mol. The first-order chi connectivity index (χ1) is 12.0. The van der Waals surface area contributed by atoms with Crippen molar-refractivity contribution >= 4 is 23.7 Å². The molecular formula is C20H18O5. The van der Waals surface area contributed by atoms with E-state index in [-0.39, 0.29) is 29.5 Å². The lowest BCUT2D eigenvalue weighted by atomic mass is 10.1. The van der Waals surface area contributed by atoms with E-state index in [1.807, 2.05) is 0 Å². The van der Waals surface area contributed by atoms with Gasteiger partial charge in [-0.2, -0.15) is 0 Å². The highest BCUT2D eigenvalue weighted by molar-refractivity contribution is 6.10. The third-order valence-electron chi connectivity index (χ3n) is 3.40. The van der Waals surface area contributed by atoms with Gasteiger partial charge in [0.2, 0.25) is 0 Å². The molecule has 0 radical (unpaired) electrons. The van der Waals surface area contributed by atoms with Crippen LogP contribution in [0.25, 0.3) is 12.2 Å². The SMILES string of the molecule is COc1ccc(C=CC(=O)CC(=O)C=Cc2ccccc2O)cc1O. The van der Waals surface area contributed by atoms with Gasteiger partial charge in [0.25, 0.3) is 0 Å². The van der Waals surface area contributed by atoms with E-state index in [0.29, 0.717) is 16.9 Å². The maximum Gasteiger partial charge on any atom is 0.163 e. The summed E-state index contributed by atoms with van der Waals surface area (Å²) in [6.45, 7) is 0. The zero-order chi connectivity index (χ0) is 18.2. The Kier molecular flexibility index (Phi) is 6.12. The van der Waals surface area contributed by atoms with Gasteiger partial charge < -0.3 is 14.9 Å². The van der Waals surface area contributed by atoms with Crippen LogP contribution in [0.2, 0.25) is 0 Å². The van der Waals surface area contributed by atoms with Crippen LogP contribution in [0.1, 0.15) is 17.5 Å². The van der Waals surface area contributed by atoms with Crippen LogP contribution in [-0.4, -0.2) is 28.9 Å². The minimum absolute atomic E-state index is 0.0289. The zero-order valence-corrected chi connectivity index (χ0v) is 13.7. The summed E-state index contributed by atoms with van der Waals surface area (Å²) in [5.41, 5.74) is 1.12. The molecule has 5 heteroatoms. The first-order valence-electron chi connectivity index (χ1n) is 7.56. The van der Waals surface area contributed by atoms with E-state index < -0.39 is 0 Å². The summed E-state index contributed by atoms with van der Waals surface area (Å²) in [5, 5.41) is 19.3. The minimum atomic E-state index is -0.365. The summed E-state index contributed by atoms with van der Waals surface area (Å²) >= 11 is 0. The smallest absolute Gasteiger partial charge is 0.163 e. The van der Waals surface area contributed by atoms with Crippen LogP contribution in [0.5, 0.6) is 17.2 Å². The molecule has 5 nitrogen and oxygen atoms in total. The predicted octanol–water partition coefficient (Wildman–Crippen LogP) is 3.36. The lowest BCUT2D eigenvalue weighted by Crippen LogP contribution is -2.01. The number of carbonyl (C=O) groups is 2. The normalized spacial score (nSPS) is 11.1. The Hall–Kier alpha value is -3.34. The van der Waals surface area contributed by atoms with E-state index in [1.54, 1.807) is 30.3 Å². The molecule has 0 aliphatic carbocycles. The van der Waals surface area contributed by atoms with Gasteiger partial charge in [-0.3, -0.25) is 9.59 Å². The van der Waals surface area contributed by atoms with Gasteiger partial charge in [-0.25, -0.2) is 0 Å². The molecule has 0 aromatic heterocycles. The highest BCUT2D eigenvalue weighted by atomic mass is 16.5. The van der Waals surface area contributed by atoms with E-state index in [1.165, 1.54) is 43.5 Å². The number of allylic oxidation sites excluding steroid dienone is 2. The van der Waals surface area contributed by atoms with Gasteiger partial charge in [0.1, 0.15) is 5.75 Å².